The van der Waals surface area contributed by atoms with Gasteiger partial charge in [0, 0.05) is 37.9 Å². The Morgan fingerprint density at radius 1 is 1.43 bits per heavy atom. The third-order valence-corrected chi connectivity index (χ3v) is 5.02. The molecule has 0 spiro atoms. The number of aromatic nitrogens is 1. The van der Waals surface area contributed by atoms with Gasteiger partial charge in [-0.05, 0) is 29.9 Å². The fourth-order valence-electron chi connectivity index (χ4n) is 3.06. The molecule has 0 radical (unpaired) electrons. The van der Waals surface area contributed by atoms with E-state index >= 15 is 0 Å². The van der Waals surface area contributed by atoms with Crippen molar-refractivity contribution in [1.29, 1.82) is 0 Å². The van der Waals surface area contributed by atoms with Crippen LogP contribution in [0, 0.1) is 11.8 Å². The minimum Gasteiger partial charge on any atom is -0.341 e. The first-order valence-corrected chi connectivity index (χ1v) is 9.79. The van der Waals surface area contributed by atoms with E-state index < -0.39 is 10.0 Å². The highest BCUT2D eigenvalue weighted by Crippen LogP contribution is 2.25. The average molecular weight is 339 g/mol. The highest BCUT2D eigenvalue weighted by molar-refractivity contribution is 7.88. The van der Waals surface area contributed by atoms with Crippen LogP contribution in [-0.2, 0) is 21.2 Å². The molecular formula is C16H25N3O3S. The van der Waals surface area contributed by atoms with Crippen LogP contribution in [0.25, 0.3) is 0 Å². The molecule has 1 aromatic heterocycles. The standard InChI is InChI=1S/C16H25N3O3S/c1-12(2)14-10-19(11-15(14)18-23(3,21)22)16(20)7-6-13-5-4-8-17-9-13/h4-5,8-9,12,14-15,18H,6-7,10-11H2,1-3H3. The predicted octanol–water partition coefficient (Wildman–Crippen LogP) is 1.05. The summed E-state index contributed by atoms with van der Waals surface area (Å²) in [7, 11) is -3.27. The Kier molecular flexibility index (Phi) is 5.75. The summed E-state index contributed by atoms with van der Waals surface area (Å²) in [6.07, 6.45) is 5.71. The van der Waals surface area contributed by atoms with E-state index in [1.807, 2.05) is 12.1 Å². The Labute approximate surface area is 138 Å². The Morgan fingerprint density at radius 2 is 2.17 bits per heavy atom. The normalized spacial score (nSPS) is 21.8. The van der Waals surface area contributed by atoms with Gasteiger partial charge in [0.15, 0.2) is 0 Å². The Hall–Kier alpha value is -1.47. The minimum atomic E-state index is -3.27. The summed E-state index contributed by atoms with van der Waals surface area (Å²) in [6, 6.07) is 3.61. The molecule has 7 heteroatoms. The van der Waals surface area contributed by atoms with Crippen molar-refractivity contribution in [1.82, 2.24) is 14.6 Å². The molecule has 1 fully saturated rings. The summed E-state index contributed by atoms with van der Waals surface area (Å²) in [6.45, 7) is 5.18. The molecule has 1 amide bonds. The lowest BCUT2D eigenvalue weighted by Crippen LogP contribution is -2.41. The number of carbonyl (C=O) groups excluding carboxylic acids is 1. The van der Waals surface area contributed by atoms with Crippen LogP contribution in [-0.4, -0.2) is 49.6 Å². The zero-order valence-electron chi connectivity index (χ0n) is 13.9. The summed E-state index contributed by atoms with van der Waals surface area (Å²) in [4.78, 5) is 18.3. The van der Waals surface area contributed by atoms with Crippen LogP contribution in [0.1, 0.15) is 25.8 Å². The molecule has 23 heavy (non-hydrogen) atoms. The van der Waals surface area contributed by atoms with Crippen LogP contribution in [0.3, 0.4) is 0 Å². The molecule has 2 rings (SSSR count). The highest BCUT2D eigenvalue weighted by atomic mass is 32.2. The third kappa shape index (κ3) is 5.28. The van der Waals surface area contributed by atoms with E-state index in [1.54, 1.807) is 17.3 Å². The molecule has 1 aliphatic heterocycles. The van der Waals surface area contributed by atoms with Gasteiger partial charge in [-0.25, -0.2) is 13.1 Å². The van der Waals surface area contributed by atoms with Gasteiger partial charge in [0.1, 0.15) is 0 Å². The maximum absolute atomic E-state index is 12.4. The van der Waals surface area contributed by atoms with Crippen LogP contribution < -0.4 is 4.72 Å². The van der Waals surface area contributed by atoms with E-state index in [-0.39, 0.29) is 17.9 Å². The fourth-order valence-corrected chi connectivity index (χ4v) is 3.86. The first-order chi connectivity index (χ1) is 10.8. The van der Waals surface area contributed by atoms with Gasteiger partial charge in [-0.2, -0.15) is 0 Å². The summed E-state index contributed by atoms with van der Waals surface area (Å²) in [5, 5.41) is 0. The van der Waals surface area contributed by atoms with Gasteiger partial charge in [-0.15, -0.1) is 0 Å². The van der Waals surface area contributed by atoms with E-state index in [9.17, 15) is 13.2 Å². The fraction of sp³-hybridized carbons (Fsp3) is 0.625. The molecule has 0 aromatic carbocycles. The zero-order chi connectivity index (χ0) is 17.0. The molecule has 0 aliphatic carbocycles. The van der Waals surface area contributed by atoms with Crippen molar-refractivity contribution >= 4 is 15.9 Å². The van der Waals surface area contributed by atoms with Crippen LogP contribution >= 0.6 is 0 Å². The molecule has 1 aliphatic rings. The molecule has 0 bridgehead atoms. The zero-order valence-corrected chi connectivity index (χ0v) is 14.7. The molecule has 1 aromatic rings. The molecule has 1 N–H and O–H groups in total. The maximum atomic E-state index is 12.4. The van der Waals surface area contributed by atoms with Crippen molar-refractivity contribution in [3.63, 3.8) is 0 Å². The SMILES string of the molecule is CC(C)C1CN(C(=O)CCc2cccnc2)CC1NS(C)(=O)=O. The monoisotopic (exact) mass is 339 g/mol. The van der Waals surface area contributed by atoms with Crippen molar-refractivity contribution in [2.75, 3.05) is 19.3 Å². The van der Waals surface area contributed by atoms with Crippen LogP contribution in [0.2, 0.25) is 0 Å². The third-order valence-electron chi connectivity index (χ3n) is 4.29. The molecule has 2 heterocycles. The number of sulfonamides is 1. The first kappa shape index (κ1) is 17.9. The van der Waals surface area contributed by atoms with Crippen molar-refractivity contribution in [2.24, 2.45) is 11.8 Å². The molecule has 2 unspecified atom stereocenters. The van der Waals surface area contributed by atoms with Crippen molar-refractivity contribution in [2.45, 2.75) is 32.7 Å². The molecule has 6 nitrogen and oxygen atoms in total. The van der Waals surface area contributed by atoms with Crippen molar-refractivity contribution < 1.29 is 13.2 Å². The number of nitrogens with zero attached hydrogens (tertiary/aromatic N) is 2. The summed E-state index contributed by atoms with van der Waals surface area (Å²) < 4.78 is 25.7. The van der Waals surface area contributed by atoms with Crippen molar-refractivity contribution in [3.8, 4) is 0 Å². The van der Waals surface area contributed by atoms with Gasteiger partial charge in [0.05, 0.1) is 6.26 Å². The van der Waals surface area contributed by atoms with E-state index in [0.29, 0.717) is 31.8 Å². The quantitative estimate of drug-likeness (QED) is 0.840. The summed E-state index contributed by atoms with van der Waals surface area (Å²) in [5.41, 5.74) is 1.03. The van der Waals surface area contributed by atoms with Gasteiger partial charge < -0.3 is 4.90 Å². The van der Waals surface area contributed by atoms with Gasteiger partial charge in [-0.3, -0.25) is 9.78 Å². The van der Waals surface area contributed by atoms with E-state index in [1.165, 1.54) is 0 Å². The molecule has 128 valence electrons. The molecule has 1 saturated heterocycles. The van der Waals surface area contributed by atoms with Gasteiger partial charge in [0.25, 0.3) is 0 Å². The minimum absolute atomic E-state index is 0.0669. The topological polar surface area (TPSA) is 79.4 Å². The molecule has 0 saturated carbocycles. The van der Waals surface area contributed by atoms with Crippen molar-refractivity contribution in [3.05, 3.63) is 30.1 Å². The van der Waals surface area contributed by atoms with Gasteiger partial charge in [0.2, 0.25) is 15.9 Å². The van der Waals surface area contributed by atoms with Crippen LogP contribution in [0.4, 0.5) is 0 Å². The number of likely N-dealkylation sites (tertiary alicyclic amines) is 1. The predicted molar refractivity (Wildman–Crippen MR) is 89.2 cm³/mol. The lowest BCUT2D eigenvalue weighted by atomic mass is 9.92. The second-order valence-corrected chi connectivity index (χ2v) is 8.34. The first-order valence-electron chi connectivity index (χ1n) is 7.90. The number of hydrogen-bond donors (Lipinski definition) is 1. The number of carbonyl (C=O) groups is 1. The number of hydrogen-bond acceptors (Lipinski definition) is 4. The second kappa shape index (κ2) is 7.40. The van der Waals surface area contributed by atoms with Crippen LogP contribution in [0.5, 0.6) is 0 Å². The Morgan fingerprint density at radius 3 is 2.74 bits per heavy atom. The summed E-state index contributed by atoms with van der Waals surface area (Å²) in [5.74, 6) is 0.523. The number of rotatable bonds is 6. The number of amides is 1. The summed E-state index contributed by atoms with van der Waals surface area (Å²) >= 11 is 0. The molecular weight excluding hydrogens is 314 g/mol. The van der Waals surface area contributed by atoms with E-state index in [0.717, 1.165) is 11.8 Å². The smallest absolute Gasteiger partial charge is 0.222 e. The van der Waals surface area contributed by atoms with Gasteiger partial charge in [-0.1, -0.05) is 19.9 Å². The lowest BCUT2D eigenvalue weighted by molar-refractivity contribution is -0.130. The average Bonchev–Trinajstić information content (AvgIpc) is 2.88. The lowest BCUT2D eigenvalue weighted by Gasteiger charge is -2.21. The highest BCUT2D eigenvalue weighted by Gasteiger charge is 2.37. The number of aryl methyl sites for hydroxylation is 1. The van der Waals surface area contributed by atoms with E-state index in [2.05, 4.69) is 23.6 Å². The number of nitrogens with one attached hydrogen (secondary N) is 1. The van der Waals surface area contributed by atoms with Gasteiger partial charge >= 0.3 is 0 Å². The Balaban J connectivity index is 1.96. The van der Waals surface area contributed by atoms with Crippen LogP contribution in [0.15, 0.2) is 24.5 Å². The molecule has 2 atom stereocenters. The Bertz CT molecular complexity index is 631. The maximum Gasteiger partial charge on any atom is 0.222 e. The van der Waals surface area contributed by atoms with E-state index in [4.69, 9.17) is 0 Å². The largest absolute Gasteiger partial charge is 0.341 e. The second-order valence-electron chi connectivity index (χ2n) is 6.56. The number of pyridine rings is 1.